The predicted molar refractivity (Wildman–Crippen MR) is 72.0 cm³/mol. The normalized spacial score (nSPS) is 13.9. The molecule has 0 saturated heterocycles. The first-order chi connectivity index (χ1) is 9.04. The number of carbonyl (C=O) groups excluding carboxylic acids is 1. The Morgan fingerprint density at radius 2 is 2.26 bits per heavy atom. The van der Waals surface area contributed by atoms with Gasteiger partial charge in [-0.25, -0.2) is 4.39 Å². The number of rotatable bonds is 7. The van der Waals surface area contributed by atoms with Gasteiger partial charge in [0.2, 0.25) is 5.91 Å². The molecule has 1 aromatic rings. The van der Waals surface area contributed by atoms with Gasteiger partial charge in [-0.1, -0.05) is 12.1 Å². The minimum Gasteiger partial charge on any atom is -0.385 e. The highest BCUT2D eigenvalue weighted by Crippen LogP contribution is 2.13. The molecule has 1 rings (SSSR count). The van der Waals surface area contributed by atoms with Crippen LogP contribution in [0.2, 0.25) is 0 Å². The zero-order chi connectivity index (χ0) is 14.3. The molecule has 0 saturated carbocycles. The van der Waals surface area contributed by atoms with Gasteiger partial charge in [0, 0.05) is 13.7 Å². The molecule has 1 amide bonds. The van der Waals surface area contributed by atoms with Gasteiger partial charge in [0.25, 0.3) is 0 Å². The first kappa shape index (κ1) is 15.6. The van der Waals surface area contributed by atoms with Crippen LogP contribution in [0, 0.1) is 5.82 Å². The van der Waals surface area contributed by atoms with Crippen LogP contribution in [0.1, 0.15) is 31.4 Å². The summed E-state index contributed by atoms with van der Waals surface area (Å²) in [7, 11) is 1.61. The van der Waals surface area contributed by atoms with E-state index < -0.39 is 6.04 Å². The quantitative estimate of drug-likeness (QED) is 0.741. The fourth-order valence-corrected chi connectivity index (χ4v) is 1.76. The van der Waals surface area contributed by atoms with Gasteiger partial charge in [-0.15, -0.1) is 0 Å². The van der Waals surface area contributed by atoms with Crippen molar-refractivity contribution in [2.24, 2.45) is 5.73 Å². The van der Waals surface area contributed by atoms with Crippen LogP contribution in [-0.2, 0) is 9.53 Å². The number of benzene rings is 1. The van der Waals surface area contributed by atoms with Crippen molar-refractivity contribution in [1.29, 1.82) is 0 Å². The summed E-state index contributed by atoms with van der Waals surface area (Å²) in [6, 6.07) is 5.33. The summed E-state index contributed by atoms with van der Waals surface area (Å²) >= 11 is 0. The first-order valence-electron chi connectivity index (χ1n) is 6.35. The van der Waals surface area contributed by atoms with E-state index in [1.54, 1.807) is 26.2 Å². The van der Waals surface area contributed by atoms with Crippen LogP contribution in [0.15, 0.2) is 24.3 Å². The van der Waals surface area contributed by atoms with Crippen molar-refractivity contribution in [3.8, 4) is 0 Å². The second kappa shape index (κ2) is 7.86. The number of nitrogens with one attached hydrogen (secondary N) is 1. The van der Waals surface area contributed by atoms with E-state index in [4.69, 9.17) is 10.5 Å². The number of halogens is 1. The number of hydrogen-bond donors (Lipinski definition) is 2. The molecule has 4 nitrogen and oxygen atoms in total. The Bertz CT molecular complexity index is 412. The minimum absolute atomic E-state index is 0.229. The van der Waals surface area contributed by atoms with Crippen molar-refractivity contribution < 1.29 is 13.9 Å². The Hall–Kier alpha value is -1.46. The van der Waals surface area contributed by atoms with Gasteiger partial charge in [0.1, 0.15) is 5.82 Å². The van der Waals surface area contributed by atoms with E-state index >= 15 is 0 Å². The average Bonchev–Trinajstić information content (AvgIpc) is 2.38. The van der Waals surface area contributed by atoms with E-state index in [-0.39, 0.29) is 17.8 Å². The maximum atomic E-state index is 13.1. The van der Waals surface area contributed by atoms with Crippen molar-refractivity contribution >= 4 is 5.91 Å². The molecule has 19 heavy (non-hydrogen) atoms. The van der Waals surface area contributed by atoms with Crippen LogP contribution < -0.4 is 11.1 Å². The van der Waals surface area contributed by atoms with Gasteiger partial charge in [-0.05, 0) is 37.5 Å². The molecule has 0 aliphatic carbocycles. The molecular formula is C14H21FN2O2. The molecule has 0 fully saturated rings. The molecule has 0 aliphatic rings. The standard InChI is InChI=1S/C14H21FN2O2/c1-10(11-5-3-6-12(15)9-11)17-14(18)13(16)7-4-8-19-2/h3,5-6,9-10,13H,4,7-8,16H2,1-2H3,(H,17,18)/t10-,13?/m0/s1. The Kier molecular flexibility index (Phi) is 6.45. The summed E-state index contributed by atoms with van der Waals surface area (Å²) in [5.74, 6) is -0.546. The van der Waals surface area contributed by atoms with Crippen molar-refractivity contribution in [2.45, 2.75) is 31.8 Å². The molecule has 1 unspecified atom stereocenters. The van der Waals surface area contributed by atoms with E-state index in [1.807, 2.05) is 0 Å². The highest BCUT2D eigenvalue weighted by atomic mass is 19.1. The zero-order valence-corrected chi connectivity index (χ0v) is 11.4. The van der Waals surface area contributed by atoms with Crippen LogP contribution in [-0.4, -0.2) is 25.7 Å². The van der Waals surface area contributed by atoms with Crippen LogP contribution in [0.5, 0.6) is 0 Å². The van der Waals surface area contributed by atoms with Crippen LogP contribution in [0.3, 0.4) is 0 Å². The molecule has 0 heterocycles. The largest absolute Gasteiger partial charge is 0.385 e. The number of nitrogens with two attached hydrogens (primary N) is 1. The van der Waals surface area contributed by atoms with E-state index in [2.05, 4.69) is 5.32 Å². The third kappa shape index (κ3) is 5.36. The number of hydrogen-bond acceptors (Lipinski definition) is 3. The molecule has 0 spiro atoms. The lowest BCUT2D eigenvalue weighted by Crippen LogP contribution is -2.41. The zero-order valence-electron chi connectivity index (χ0n) is 11.4. The molecule has 0 bridgehead atoms. The summed E-state index contributed by atoms with van der Waals surface area (Å²) in [5.41, 5.74) is 6.49. The number of methoxy groups -OCH3 is 1. The Balaban J connectivity index is 2.47. The lowest BCUT2D eigenvalue weighted by Gasteiger charge is -2.18. The van der Waals surface area contributed by atoms with Gasteiger partial charge in [-0.2, -0.15) is 0 Å². The molecule has 5 heteroatoms. The molecule has 0 aromatic heterocycles. The first-order valence-corrected chi connectivity index (χ1v) is 6.35. The summed E-state index contributed by atoms with van der Waals surface area (Å²) in [6.07, 6.45) is 1.30. The van der Waals surface area contributed by atoms with Crippen molar-refractivity contribution in [2.75, 3.05) is 13.7 Å². The summed E-state index contributed by atoms with van der Waals surface area (Å²) in [5, 5.41) is 2.78. The summed E-state index contributed by atoms with van der Waals surface area (Å²) in [6.45, 7) is 2.38. The predicted octanol–water partition coefficient (Wildman–Crippen LogP) is 1.76. The monoisotopic (exact) mass is 268 g/mol. The summed E-state index contributed by atoms with van der Waals surface area (Å²) in [4.78, 5) is 11.8. The minimum atomic E-state index is -0.564. The third-order valence-corrected chi connectivity index (χ3v) is 2.91. The van der Waals surface area contributed by atoms with E-state index in [0.717, 1.165) is 12.0 Å². The fraction of sp³-hybridized carbons (Fsp3) is 0.500. The highest BCUT2D eigenvalue weighted by molar-refractivity contribution is 5.81. The second-order valence-electron chi connectivity index (χ2n) is 4.53. The topological polar surface area (TPSA) is 64.3 Å². The van der Waals surface area contributed by atoms with Crippen molar-refractivity contribution in [3.05, 3.63) is 35.6 Å². The molecule has 2 atom stereocenters. The molecule has 0 radical (unpaired) electrons. The number of ether oxygens (including phenoxy) is 1. The lowest BCUT2D eigenvalue weighted by molar-refractivity contribution is -0.123. The van der Waals surface area contributed by atoms with E-state index in [1.165, 1.54) is 12.1 Å². The lowest BCUT2D eigenvalue weighted by atomic mass is 10.1. The Morgan fingerprint density at radius 1 is 1.53 bits per heavy atom. The van der Waals surface area contributed by atoms with Crippen LogP contribution in [0.4, 0.5) is 4.39 Å². The summed E-state index contributed by atoms with van der Waals surface area (Å²) < 4.78 is 18.0. The maximum Gasteiger partial charge on any atom is 0.237 e. The molecule has 106 valence electrons. The van der Waals surface area contributed by atoms with E-state index in [9.17, 15) is 9.18 Å². The van der Waals surface area contributed by atoms with Gasteiger partial charge in [-0.3, -0.25) is 4.79 Å². The van der Waals surface area contributed by atoms with E-state index in [0.29, 0.717) is 13.0 Å². The highest BCUT2D eigenvalue weighted by Gasteiger charge is 2.16. The van der Waals surface area contributed by atoms with Crippen molar-refractivity contribution in [3.63, 3.8) is 0 Å². The fourth-order valence-electron chi connectivity index (χ4n) is 1.76. The number of amides is 1. The molecular weight excluding hydrogens is 247 g/mol. The van der Waals surface area contributed by atoms with Gasteiger partial charge >= 0.3 is 0 Å². The third-order valence-electron chi connectivity index (χ3n) is 2.91. The smallest absolute Gasteiger partial charge is 0.237 e. The second-order valence-corrected chi connectivity index (χ2v) is 4.53. The van der Waals surface area contributed by atoms with Crippen molar-refractivity contribution in [1.82, 2.24) is 5.32 Å². The molecule has 1 aromatic carbocycles. The Labute approximate surface area is 113 Å². The maximum absolute atomic E-state index is 13.1. The SMILES string of the molecule is COCCCC(N)C(=O)N[C@@H](C)c1cccc(F)c1. The van der Waals surface area contributed by atoms with Gasteiger partial charge in [0.05, 0.1) is 12.1 Å². The molecule has 0 aliphatic heterocycles. The van der Waals surface area contributed by atoms with Gasteiger partial charge < -0.3 is 15.8 Å². The average molecular weight is 268 g/mol. The Morgan fingerprint density at radius 3 is 2.89 bits per heavy atom. The van der Waals surface area contributed by atoms with Crippen LogP contribution in [0.25, 0.3) is 0 Å². The van der Waals surface area contributed by atoms with Crippen LogP contribution >= 0.6 is 0 Å². The molecule has 3 N–H and O–H groups in total. The van der Waals surface area contributed by atoms with Gasteiger partial charge in [0.15, 0.2) is 0 Å². The number of carbonyl (C=O) groups is 1.